The molecule has 6 nitrogen and oxygen atoms in total. The summed E-state index contributed by atoms with van der Waals surface area (Å²) in [5.74, 6) is -0.352. The first-order valence-electron chi connectivity index (χ1n) is 12.7. The Morgan fingerprint density at radius 2 is 1.50 bits per heavy atom. The zero-order chi connectivity index (χ0) is 27.2. The molecule has 0 saturated heterocycles. The number of anilines is 1. The van der Waals surface area contributed by atoms with E-state index in [4.69, 9.17) is 5.26 Å². The van der Waals surface area contributed by atoms with E-state index < -0.39 is 38.6 Å². The molecular formula is C26H39F3N2O4S. The molecule has 0 heterocycles. The molecule has 204 valence electrons. The van der Waals surface area contributed by atoms with Gasteiger partial charge in [0.25, 0.3) is 5.91 Å². The van der Waals surface area contributed by atoms with E-state index in [1.165, 1.54) is 19.1 Å². The van der Waals surface area contributed by atoms with Crippen LogP contribution in [0.15, 0.2) is 18.2 Å². The maximum absolute atomic E-state index is 13.1. The van der Waals surface area contributed by atoms with E-state index in [0.717, 1.165) is 63.9 Å². The molecule has 0 spiro atoms. The van der Waals surface area contributed by atoms with E-state index in [0.29, 0.717) is 18.9 Å². The molecule has 0 radical (unpaired) electrons. The first kappa shape index (κ1) is 31.9. The second kappa shape index (κ2) is 15.2. The molecule has 1 aromatic carbocycles. The van der Waals surface area contributed by atoms with Crippen LogP contribution in [0.4, 0.5) is 18.9 Å². The normalized spacial score (nSPS) is 13.7. The monoisotopic (exact) mass is 532 g/mol. The number of halogens is 3. The van der Waals surface area contributed by atoms with Gasteiger partial charge in [0, 0.05) is 5.69 Å². The summed E-state index contributed by atoms with van der Waals surface area (Å²) in [7, 11) is -2.99. The molecule has 1 rings (SSSR count). The molecule has 0 saturated carbocycles. The van der Waals surface area contributed by atoms with Crippen LogP contribution in [-0.4, -0.2) is 36.5 Å². The van der Waals surface area contributed by atoms with E-state index in [9.17, 15) is 31.5 Å². The van der Waals surface area contributed by atoms with Crippen molar-refractivity contribution < 1.29 is 31.5 Å². The number of nitriles is 1. The molecule has 0 fully saturated rings. The zero-order valence-corrected chi connectivity index (χ0v) is 22.1. The van der Waals surface area contributed by atoms with Crippen molar-refractivity contribution in [3.8, 4) is 6.07 Å². The van der Waals surface area contributed by atoms with Crippen molar-refractivity contribution in [2.24, 2.45) is 0 Å². The van der Waals surface area contributed by atoms with Crippen molar-refractivity contribution in [1.82, 2.24) is 0 Å². The Morgan fingerprint density at radius 3 is 2.03 bits per heavy atom. The summed E-state index contributed by atoms with van der Waals surface area (Å²) in [6.07, 6.45) is 4.80. The minimum absolute atomic E-state index is 0.133. The molecule has 0 aliphatic heterocycles. The Morgan fingerprint density at radius 1 is 0.972 bits per heavy atom. The number of unbranched alkanes of at least 4 members (excludes halogenated alkanes) is 9. The van der Waals surface area contributed by atoms with Crippen LogP contribution in [0.1, 0.15) is 102 Å². The van der Waals surface area contributed by atoms with Crippen LogP contribution in [0.3, 0.4) is 0 Å². The van der Waals surface area contributed by atoms with Gasteiger partial charge in [0.2, 0.25) is 0 Å². The van der Waals surface area contributed by atoms with Crippen molar-refractivity contribution in [3.05, 3.63) is 29.3 Å². The lowest BCUT2D eigenvalue weighted by atomic mass is 9.96. The molecule has 1 unspecified atom stereocenters. The Hall–Kier alpha value is -2.12. The predicted molar refractivity (Wildman–Crippen MR) is 135 cm³/mol. The molecule has 0 aromatic heterocycles. The van der Waals surface area contributed by atoms with E-state index in [1.54, 1.807) is 0 Å². The summed E-state index contributed by atoms with van der Waals surface area (Å²) >= 11 is 0. The van der Waals surface area contributed by atoms with Crippen molar-refractivity contribution in [2.45, 2.75) is 103 Å². The minimum Gasteiger partial charge on any atom is -0.380 e. The highest BCUT2D eigenvalue weighted by Gasteiger charge is 2.35. The average molecular weight is 533 g/mol. The fourth-order valence-corrected chi connectivity index (χ4v) is 5.35. The van der Waals surface area contributed by atoms with Gasteiger partial charge < -0.3 is 10.4 Å². The average Bonchev–Trinajstić information content (AvgIpc) is 2.79. The number of hydrogen-bond acceptors (Lipinski definition) is 5. The lowest BCUT2D eigenvalue weighted by Crippen LogP contribution is -2.40. The number of amides is 1. The lowest BCUT2D eigenvalue weighted by Gasteiger charge is -2.22. The molecule has 1 amide bonds. The molecular weight excluding hydrogens is 493 g/mol. The van der Waals surface area contributed by atoms with Gasteiger partial charge in [-0.15, -0.1) is 0 Å². The van der Waals surface area contributed by atoms with E-state index in [2.05, 4.69) is 12.2 Å². The summed E-state index contributed by atoms with van der Waals surface area (Å²) in [5.41, 5.74) is -3.62. The number of benzene rings is 1. The molecule has 2 N–H and O–H groups in total. The first-order valence-corrected chi connectivity index (χ1v) is 14.5. The van der Waals surface area contributed by atoms with Gasteiger partial charge in [0.05, 0.1) is 28.7 Å². The van der Waals surface area contributed by atoms with Crippen molar-refractivity contribution in [1.29, 1.82) is 5.26 Å². The number of nitrogens with zero attached hydrogens (tertiary/aromatic N) is 1. The van der Waals surface area contributed by atoms with Crippen LogP contribution in [0.25, 0.3) is 0 Å². The van der Waals surface area contributed by atoms with Gasteiger partial charge >= 0.3 is 6.18 Å². The standard InChI is InChI=1S/C26H39F3N2O4S/c1-3-4-5-9-12-17-36(34,35)18-13-10-7-6-8-11-16-25(2,33)24(32)31-22-15-14-21(20-30)23(19-22)26(27,28)29/h14-15,19,33H,3-13,16-18H2,1-2H3,(H,31,32). The predicted octanol–water partition coefficient (Wildman–Crippen LogP) is 6.38. The van der Waals surface area contributed by atoms with Crippen LogP contribution >= 0.6 is 0 Å². The number of sulfone groups is 1. The molecule has 0 aliphatic rings. The summed E-state index contributed by atoms with van der Waals surface area (Å²) < 4.78 is 63.5. The Kier molecular flexibility index (Phi) is 13.5. The van der Waals surface area contributed by atoms with Gasteiger partial charge in [-0.2, -0.15) is 18.4 Å². The van der Waals surface area contributed by atoms with Crippen LogP contribution in [0.2, 0.25) is 0 Å². The van der Waals surface area contributed by atoms with Crippen LogP contribution in [0.5, 0.6) is 0 Å². The van der Waals surface area contributed by atoms with Crippen molar-refractivity contribution in [3.63, 3.8) is 0 Å². The van der Waals surface area contributed by atoms with Crippen molar-refractivity contribution >= 4 is 21.4 Å². The lowest BCUT2D eigenvalue weighted by molar-refractivity contribution is -0.138. The van der Waals surface area contributed by atoms with Gasteiger partial charge in [0.1, 0.15) is 15.4 Å². The highest BCUT2D eigenvalue weighted by molar-refractivity contribution is 7.91. The summed E-state index contributed by atoms with van der Waals surface area (Å²) in [6, 6.07) is 4.32. The van der Waals surface area contributed by atoms with Crippen LogP contribution in [0, 0.1) is 11.3 Å². The van der Waals surface area contributed by atoms with E-state index in [1.807, 2.05) is 0 Å². The molecule has 1 atom stereocenters. The quantitative estimate of drug-likeness (QED) is 0.226. The molecule has 1 aromatic rings. The second-order valence-electron chi connectivity index (χ2n) is 9.54. The minimum atomic E-state index is -4.74. The molecule has 10 heteroatoms. The Bertz CT molecular complexity index is 970. The highest BCUT2D eigenvalue weighted by atomic mass is 32.2. The van der Waals surface area contributed by atoms with Gasteiger partial charge in [-0.1, -0.05) is 64.7 Å². The summed E-state index contributed by atoms with van der Waals surface area (Å²) in [4.78, 5) is 12.4. The molecule has 0 bridgehead atoms. The van der Waals surface area contributed by atoms with Crippen LogP contribution in [-0.2, 0) is 20.8 Å². The molecule has 0 aliphatic carbocycles. The molecule has 36 heavy (non-hydrogen) atoms. The van der Waals surface area contributed by atoms with Gasteiger partial charge in [-0.3, -0.25) is 4.79 Å². The zero-order valence-electron chi connectivity index (χ0n) is 21.3. The van der Waals surface area contributed by atoms with Crippen molar-refractivity contribution in [2.75, 3.05) is 16.8 Å². The maximum atomic E-state index is 13.1. The Balaban J connectivity index is 2.32. The number of hydrogen-bond donors (Lipinski definition) is 2. The largest absolute Gasteiger partial charge is 0.417 e. The van der Waals surface area contributed by atoms with Gasteiger partial charge in [-0.25, -0.2) is 8.42 Å². The number of carbonyl (C=O) groups excluding carboxylic acids is 1. The number of carbonyl (C=O) groups is 1. The number of aliphatic hydroxyl groups is 1. The first-order chi connectivity index (χ1) is 16.8. The van der Waals surface area contributed by atoms with Crippen LogP contribution < -0.4 is 5.32 Å². The third-order valence-electron chi connectivity index (χ3n) is 6.12. The fraction of sp³-hybridized carbons (Fsp3) is 0.692. The second-order valence-corrected chi connectivity index (χ2v) is 11.8. The summed E-state index contributed by atoms with van der Waals surface area (Å²) in [5, 5.41) is 21.6. The topological polar surface area (TPSA) is 107 Å². The third-order valence-corrected chi connectivity index (χ3v) is 7.94. The van der Waals surface area contributed by atoms with E-state index >= 15 is 0 Å². The smallest absolute Gasteiger partial charge is 0.380 e. The SMILES string of the molecule is CCCCCCCS(=O)(=O)CCCCCCCCC(C)(O)C(=O)Nc1ccc(C#N)c(C(F)(F)F)c1. The number of nitrogens with one attached hydrogen (secondary N) is 1. The van der Waals surface area contributed by atoms with E-state index in [-0.39, 0.29) is 23.6 Å². The Labute approximate surface area is 213 Å². The van der Waals surface area contributed by atoms with Gasteiger partial charge in [-0.05, 0) is 44.4 Å². The summed E-state index contributed by atoms with van der Waals surface area (Å²) in [6.45, 7) is 3.43. The number of rotatable bonds is 17. The van der Waals surface area contributed by atoms with Gasteiger partial charge in [0.15, 0.2) is 0 Å². The highest BCUT2D eigenvalue weighted by Crippen LogP contribution is 2.33. The maximum Gasteiger partial charge on any atom is 0.417 e. The third kappa shape index (κ3) is 12.2. The number of alkyl halides is 3. The fourth-order valence-electron chi connectivity index (χ4n) is 3.86.